The highest BCUT2D eigenvalue weighted by molar-refractivity contribution is 14.1. The minimum atomic E-state index is 0.325. The molecule has 0 bridgehead atoms. The van der Waals surface area contributed by atoms with Gasteiger partial charge in [-0.1, -0.05) is 34.2 Å². The first kappa shape index (κ1) is 16.6. The maximum atomic E-state index is 5.30. The van der Waals surface area contributed by atoms with Crippen LogP contribution in [-0.2, 0) is 0 Å². The van der Waals surface area contributed by atoms with E-state index in [1.54, 1.807) is 12.3 Å². The molecule has 0 aromatic carbocycles. The summed E-state index contributed by atoms with van der Waals surface area (Å²) in [5.74, 6) is 0. The van der Waals surface area contributed by atoms with Gasteiger partial charge in [-0.2, -0.15) is 0 Å². The Morgan fingerprint density at radius 3 is 3.10 bits per heavy atom. The highest BCUT2D eigenvalue weighted by Crippen LogP contribution is 2.41. The first-order chi connectivity index (χ1) is 9.60. The molecule has 1 heterocycles. The third kappa shape index (κ3) is 4.62. The van der Waals surface area contributed by atoms with Crippen molar-refractivity contribution in [2.45, 2.75) is 35.5 Å². The molecule has 2 atom stereocenters. The number of allylic oxidation sites excluding steroid dienone is 6. The Balaban J connectivity index is 1.94. The van der Waals surface area contributed by atoms with Crippen LogP contribution in [0.1, 0.15) is 26.2 Å². The summed E-state index contributed by atoms with van der Waals surface area (Å²) < 4.78 is 2.12. The monoisotopic (exact) mass is 512 g/mol. The van der Waals surface area contributed by atoms with Crippen molar-refractivity contribution in [2.24, 2.45) is 10.7 Å². The van der Waals surface area contributed by atoms with Crippen LogP contribution in [0.15, 0.2) is 49.1 Å². The van der Waals surface area contributed by atoms with Gasteiger partial charge in [0.2, 0.25) is 0 Å². The lowest BCUT2D eigenvalue weighted by Crippen LogP contribution is -2.06. The van der Waals surface area contributed by atoms with Crippen molar-refractivity contribution in [1.82, 2.24) is 0 Å². The highest BCUT2D eigenvalue weighted by atomic mass is 127. The van der Waals surface area contributed by atoms with E-state index >= 15 is 0 Å². The molecule has 0 radical (unpaired) electrons. The lowest BCUT2D eigenvalue weighted by atomic mass is 9.96. The van der Waals surface area contributed by atoms with Crippen molar-refractivity contribution in [2.75, 3.05) is 0 Å². The first-order valence-electron chi connectivity index (χ1n) is 6.55. The first-order valence-corrected chi connectivity index (χ1v) is 9.76. The quantitative estimate of drug-likeness (QED) is 0.323. The SMILES string of the molecule is CC1=C(CC2=CCC(N=CC=CN)S2)C=C(I)C(I)C1. The number of nitrogens with zero attached hydrogens (tertiary/aromatic N) is 1. The largest absolute Gasteiger partial charge is 0.405 e. The number of alkyl halides is 1. The fourth-order valence-corrected chi connectivity index (χ4v) is 4.71. The maximum Gasteiger partial charge on any atom is 0.103 e. The fraction of sp³-hybridized carbons (Fsp3) is 0.400. The van der Waals surface area contributed by atoms with E-state index in [2.05, 4.69) is 69.2 Å². The number of nitrogens with two attached hydrogens (primary N) is 1. The van der Waals surface area contributed by atoms with E-state index < -0.39 is 0 Å². The second-order valence-electron chi connectivity index (χ2n) is 4.84. The van der Waals surface area contributed by atoms with Crippen LogP contribution in [0, 0.1) is 0 Å². The third-order valence-electron chi connectivity index (χ3n) is 3.29. The lowest BCUT2D eigenvalue weighted by molar-refractivity contribution is 0.951. The predicted octanol–water partition coefficient (Wildman–Crippen LogP) is 5.11. The highest BCUT2D eigenvalue weighted by Gasteiger charge is 2.21. The van der Waals surface area contributed by atoms with Crippen molar-refractivity contribution >= 4 is 63.2 Å². The molecule has 2 rings (SSSR count). The summed E-state index contributed by atoms with van der Waals surface area (Å²) in [5.41, 5.74) is 8.32. The van der Waals surface area contributed by atoms with Crippen molar-refractivity contribution < 1.29 is 0 Å². The summed E-state index contributed by atoms with van der Waals surface area (Å²) in [4.78, 5) is 5.94. The molecule has 0 aromatic heterocycles. The van der Waals surface area contributed by atoms with Crippen molar-refractivity contribution in [3.8, 4) is 0 Å². The molecule has 108 valence electrons. The van der Waals surface area contributed by atoms with Gasteiger partial charge in [0.15, 0.2) is 0 Å². The molecule has 2 aliphatic rings. The molecule has 0 fully saturated rings. The average molecular weight is 512 g/mol. The predicted molar refractivity (Wildman–Crippen MR) is 108 cm³/mol. The van der Waals surface area contributed by atoms with E-state index in [0.717, 1.165) is 12.8 Å². The number of thioether (sulfide) groups is 1. The summed E-state index contributed by atoms with van der Waals surface area (Å²) in [6.07, 6.45) is 13.1. The Kier molecular flexibility index (Phi) is 6.67. The fourth-order valence-electron chi connectivity index (χ4n) is 2.17. The van der Waals surface area contributed by atoms with Crippen molar-refractivity contribution in [1.29, 1.82) is 0 Å². The van der Waals surface area contributed by atoms with Crippen LogP contribution in [0.4, 0.5) is 0 Å². The molecule has 0 spiro atoms. The summed E-state index contributed by atoms with van der Waals surface area (Å²) in [5, 5.41) is 0.325. The third-order valence-corrected chi connectivity index (χ3v) is 7.86. The van der Waals surface area contributed by atoms with Crippen molar-refractivity contribution in [3.05, 3.63) is 44.1 Å². The molecule has 0 amide bonds. The topological polar surface area (TPSA) is 38.4 Å². The molecule has 1 aliphatic heterocycles. The molecular formula is C15H18I2N2S. The van der Waals surface area contributed by atoms with Crippen LogP contribution in [0.25, 0.3) is 0 Å². The van der Waals surface area contributed by atoms with Gasteiger partial charge in [-0.15, -0.1) is 11.8 Å². The van der Waals surface area contributed by atoms with Crippen LogP contribution >= 0.6 is 56.9 Å². The zero-order chi connectivity index (χ0) is 14.5. The number of aliphatic imine (C=N–C) groups is 1. The average Bonchev–Trinajstić information content (AvgIpc) is 2.84. The molecular weight excluding hydrogens is 494 g/mol. The van der Waals surface area contributed by atoms with Gasteiger partial charge in [0.1, 0.15) is 5.37 Å². The summed E-state index contributed by atoms with van der Waals surface area (Å²) in [7, 11) is 0. The summed E-state index contributed by atoms with van der Waals surface area (Å²) >= 11 is 6.88. The molecule has 0 saturated heterocycles. The Hall–Kier alpha value is 0.240. The Bertz CT molecular complexity index is 518. The Labute approximate surface area is 152 Å². The van der Waals surface area contributed by atoms with E-state index in [4.69, 9.17) is 5.73 Å². The van der Waals surface area contributed by atoms with E-state index in [-0.39, 0.29) is 0 Å². The molecule has 1 aliphatic carbocycles. The van der Waals surface area contributed by atoms with E-state index in [1.807, 2.05) is 11.8 Å². The number of hydrogen-bond acceptors (Lipinski definition) is 3. The van der Waals surface area contributed by atoms with E-state index in [1.165, 1.54) is 32.3 Å². The molecule has 2 nitrogen and oxygen atoms in total. The Morgan fingerprint density at radius 2 is 2.35 bits per heavy atom. The van der Waals surface area contributed by atoms with E-state index in [0.29, 0.717) is 9.30 Å². The molecule has 0 saturated carbocycles. The van der Waals surface area contributed by atoms with Crippen LogP contribution in [0.3, 0.4) is 0 Å². The smallest absolute Gasteiger partial charge is 0.103 e. The van der Waals surface area contributed by atoms with Crippen molar-refractivity contribution in [3.63, 3.8) is 0 Å². The van der Waals surface area contributed by atoms with E-state index in [9.17, 15) is 0 Å². The molecule has 2 N–H and O–H groups in total. The second-order valence-corrected chi connectivity index (χ2v) is 8.90. The van der Waals surface area contributed by atoms with Gasteiger partial charge in [-0.05, 0) is 71.2 Å². The van der Waals surface area contributed by atoms with Gasteiger partial charge >= 0.3 is 0 Å². The van der Waals surface area contributed by atoms with Crippen LogP contribution in [-0.4, -0.2) is 15.5 Å². The van der Waals surface area contributed by atoms with Gasteiger partial charge < -0.3 is 5.73 Å². The minimum Gasteiger partial charge on any atom is -0.405 e. The molecule has 5 heteroatoms. The van der Waals surface area contributed by atoms with Crippen LogP contribution in [0.2, 0.25) is 0 Å². The lowest BCUT2D eigenvalue weighted by Gasteiger charge is -2.20. The molecule has 2 unspecified atom stereocenters. The van der Waals surface area contributed by atoms with Gasteiger partial charge in [0.25, 0.3) is 0 Å². The van der Waals surface area contributed by atoms with Gasteiger partial charge in [0, 0.05) is 20.1 Å². The summed E-state index contributed by atoms with van der Waals surface area (Å²) in [6.45, 7) is 2.27. The molecule has 20 heavy (non-hydrogen) atoms. The number of hydrogen-bond donors (Lipinski definition) is 1. The van der Waals surface area contributed by atoms with Gasteiger partial charge in [-0.3, -0.25) is 4.99 Å². The molecule has 0 aromatic rings. The summed E-state index contributed by atoms with van der Waals surface area (Å²) in [6, 6.07) is 0. The zero-order valence-electron chi connectivity index (χ0n) is 11.4. The minimum absolute atomic E-state index is 0.325. The second kappa shape index (κ2) is 8.03. The van der Waals surface area contributed by atoms with Crippen LogP contribution in [0.5, 0.6) is 0 Å². The van der Waals surface area contributed by atoms with Gasteiger partial charge in [0.05, 0.1) is 0 Å². The number of halogens is 2. The number of rotatable bonds is 4. The maximum absolute atomic E-state index is 5.30. The van der Waals surface area contributed by atoms with Crippen LogP contribution < -0.4 is 5.73 Å². The van der Waals surface area contributed by atoms with Gasteiger partial charge in [-0.25, -0.2) is 0 Å². The zero-order valence-corrected chi connectivity index (χ0v) is 16.5. The normalized spacial score (nSPS) is 27.6. The Morgan fingerprint density at radius 1 is 1.55 bits per heavy atom. The standard InChI is InChI=1S/C15H18I2N2S/c1-10-7-13(16)14(17)9-11(10)8-12-3-4-15(20-12)19-6-2-5-18/h2-3,5-6,9,13,15H,4,7-8,18H2,1H3.